The molecule has 0 aliphatic heterocycles. The molecule has 0 aliphatic rings. The quantitative estimate of drug-likeness (QED) is 0.753. The number of para-hydroxylation sites is 1. The summed E-state index contributed by atoms with van der Waals surface area (Å²) in [4.78, 5) is 0. The van der Waals surface area contributed by atoms with Crippen molar-refractivity contribution in [3.63, 3.8) is 0 Å². The Morgan fingerprint density at radius 2 is 1.81 bits per heavy atom. The normalized spacial score (nSPS) is 12.5. The molecule has 1 unspecified atom stereocenters. The third-order valence-electron chi connectivity index (χ3n) is 2.14. The van der Waals surface area contributed by atoms with E-state index < -0.39 is 0 Å². The van der Waals surface area contributed by atoms with Crippen LogP contribution in [0.25, 0.3) is 0 Å². The van der Waals surface area contributed by atoms with Gasteiger partial charge in [-0.15, -0.1) is 0 Å². The van der Waals surface area contributed by atoms with E-state index in [0.29, 0.717) is 0 Å². The van der Waals surface area contributed by atoms with Crippen molar-refractivity contribution in [2.75, 3.05) is 5.32 Å². The SMILES string of the molecule is CCC(C#CC(C)(C)C)Nc1ccccc1. The van der Waals surface area contributed by atoms with Gasteiger partial charge in [0.25, 0.3) is 0 Å². The maximum Gasteiger partial charge on any atom is 0.0874 e. The molecule has 1 heteroatoms. The highest BCUT2D eigenvalue weighted by atomic mass is 14.9. The first-order valence-corrected chi connectivity index (χ1v) is 5.85. The minimum atomic E-state index is 0.0752. The summed E-state index contributed by atoms with van der Waals surface area (Å²) in [6, 6.07) is 10.5. The number of hydrogen-bond acceptors (Lipinski definition) is 1. The topological polar surface area (TPSA) is 12.0 Å². The molecule has 86 valence electrons. The molecule has 1 N–H and O–H groups in total. The fourth-order valence-corrected chi connectivity index (χ4v) is 1.28. The second-order valence-electron chi connectivity index (χ2n) is 4.99. The fraction of sp³-hybridized carbons (Fsp3) is 0.467. The highest BCUT2D eigenvalue weighted by molar-refractivity contribution is 5.45. The van der Waals surface area contributed by atoms with Gasteiger partial charge in [-0.2, -0.15) is 0 Å². The zero-order valence-electron chi connectivity index (χ0n) is 10.7. The van der Waals surface area contributed by atoms with E-state index in [1.807, 2.05) is 18.2 Å². The molecule has 1 rings (SSSR count). The molecule has 0 saturated heterocycles. The van der Waals surface area contributed by atoms with E-state index in [1.165, 1.54) is 0 Å². The Labute approximate surface area is 99.3 Å². The third kappa shape index (κ3) is 4.89. The van der Waals surface area contributed by atoms with Crippen LogP contribution in [0.2, 0.25) is 0 Å². The maximum absolute atomic E-state index is 3.43. The van der Waals surface area contributed by atoms with Gasteiger partial charge in [0.05, 0.1) is 6.04 Å². The number of hydrogen-bond donors (Lipinski definition) is 1. The van der Waals surface area contributed by atoms with Gasteiger partial charge in [-0.1, -0.05) is 37.0 Å². The molecule has 0 radical (unpaired) electrons. The molecule has 0 spiro atoms. The highest BCUT2D eigenvalue weighted by Crippen LogP contribution is 2.12. The monoisotopic (exact) mass is 215 g/mol. The first kappa shape index (κ1) is 12.6. The molecular weight excluding hydrogens is 194 g/mol. The van der Waals surface area contributed by atoms with Crippen molar-refractivity contribution in [2.45, 2.75) is 40.2 Å². The molecule has 1 nitrogen and oxygen atoms in total. The van der Waals surface area contributed by atoms with E-state index in [1.54, 1.807) is 0 Å². The number of anilines is 1. The van der Waals surface area contributed by atoms with Crippen LogP contribution >= 0.6 is 0 Å². The van der Waals surface area contributed by atoms with E-state index in [2.05, 4.69) is 57.0 Å². The summed E-state index contributed by atoms with van der Waals surface area (Å²) >= 11 is 0. The molecule has 0 aliphatic carbocycles. The molecule has 0 bridgehead atoms. The van der Waals surface area contributed by atoms with Crippen molar-refractivity contribution < 1.29 is 0 Å². The summed E-state index contributed by atoms with van der Waals surface area (Å²) in [5, 5.41) is 3.43. The average molecular weight is 215 g/mol. The minimum Gasteiger partial charge on any atom is -0.372 e. The smallest absolute Gasteiger partial charge is 0.0874 e. The molecule has 1 aromatic rings. The van der Waals surface area contributed by atoms with Crippen LogP contribution in [-0.2, 0) is 0 Å². The van der Waals surface area contributed by atoms with E-state index in [-0.39, 0.29) is 11.5 Å². The Bertz CT molecular complexity index is 362. The van der Waals surface area contributed by atoms with Crippen molar-refractivity contribution >= 4 is 5.69 Å². The number of benzene rings is 1. The van der Waals surface area contributed by atoms with Crippen LogP contribution in [0.1, 0.15) is 34.1 Å². The second kappa shape index (κ2) is 5.61. The molecule has 16 heavy (non-hydrogen) atoms. The lowest BCUT2D eigenvalue weighted by Crippen LogP contribution is -2.16. The summed E-state index contributed by atoms with van der Waals surface area (Å²) in [5.41, 5.74) is 1.21. The molecule has 1 atom stereocenters. The minimum absolute atomic E-state index is 0.0752. The zero-order valence-corrected chi connectivity index (χ0v) is 10.7. The molecule has 0 fully saturated rings. The van der Waals surface area contributed by atoms with Crippen LogP contribution in [0.3, 0.4) is 0 Å². The van der Waals surface area contributed by atoms with Crippen LogP contribution in [0.4, 0.5) is 5.69 Å². The van der Waals surface area contributed by atoms with Gasteiger partial charge in [0, 0.05) is 11.1 Å². The largest absolute Gasteiger partial charge is 0.372 e. The maximum atomic E-state index is 3.43. The van der Waals surface area contributed by atoms with Crippen LogP contribution in [0.15, 0.2) is 30.3 Å². The predicted molar refractivity (Wildman–Crippen MR) is 71.4 cm³/mol. The van der Waals surface area contributed by atoms with Gasteiger partial charge in [0.15, 0.2) is 0 Å². The predicted octanol–water partition coefficient (Wildman–Crippen LogP) is 3.93. The second-order valence-corrected chi connectivity index (χ2v) is 4.99. The molecular formula is C15H21N. The standard InChI is InChI=1S/C15H21N/c1-5-13(11-12-15(2,3)4)16-14-9-7-6-8-10-14/h6-10,13,16H,5H2,1-4H3. The summed E-state index contributed by atoms with van der Waals surface area (Å²) in [7, 11) is 0. The molecule has 0 amide bonds. The Morgan fingerprint density at radius 3 is 2.31 bits per heavy atom. The fourth-order valence-electron chi connectivity index (χ4n) is 1.28. The van der Waals surface area contributed by atoms with Crippen LogP contribution < -0.4 is 5.32 Å². The Hall–Kier alpha value is -1.42. The lowest BCUT2D eigenvalue weighted by Gasteiger charge is -2.14. The Balaban J connectivity index is 2.66. The number of rotatable bonds is 3. The lowest BCUT2D eigenvalue weighted by molar-refractivity contribution is 0.569. The first-order valence-electron chi connectivity index (χ1n) is 5.85. The van der Waals surface area contributed by atoms with E-state index in [0.717, 1.165) is 12.1 Å². The van der Waals surface area contributed by atoms with Gasteiger partial charge in [0.2, 0.25) is 0 Å². The highest BCUT2D eigenvalue weighted by Gasteiger charge is 2.06. The van der Waals surface area contributed by atoms with Gasteiger partial charge in [-0.25, -0.2) is 0 Å². The molecule has 0 heterocycles. The van der Waals surface area contributed by atoms with Crippen molar-refractivity contribution in [1.29, 1.82) is 0 Å². The van der Waals surface area contributed by atoms with Crippen LogP contribution in [-0.4, -0.2) is 6.04 Å². The Morgan fingerprint density at radius 1 is 1.19 bits per heavy atom. The van der Waals surface area contributed by atoms with Gasteiger partial charge in [-0.05, 0) is 39.3 Å². The van der Waals surface area contributed by atoms with E-state index in [9.17, 15) is 0 Å². The lowest BCUT2D eigenvalue weighted by atomic mass is 9.97. The Kier molecular flexibility index (Phi) is 4.43. The van der Waals surface area contributed by atoms with Gasteiger partial charge >= 0.3 is 0 Å². The summed E-state index contributed by atoms with van der Waals surface area (Å²) in [5.74, 6) is 6.58. The van der Waals surface area contributed by atoms with Crippen molar-refractivity contribution in [3.05, 3.63) is 30.3 Å². The number of nitrogens with one attached hydrogen (secondary N) is 1. The zero-order chi connectivity index (χ0) is 12.0. The molecule has 1 aromatic carbocycles. The van der Waals surface area contributed by atoms with Gasteiger partial charge in [0.1, 0.15) is 0 Å². The summed E-state index contributed by atoms with van der Waals surface area (Å²) < 4.78 is 0. The third-order valence-corrected chi connectivity index (χ3v) is 2.14. The van der Waals surface area contributed by atoms with Crippen molar-refractivity contribution in [2.24, 2.45) is 5.41 Å². The first-order chi connectivity index (χ1) is 7.51. The molecule has 0 aromatic heterocycles. The summed E-state index contributed by atoms with van der Waals surface area (Å²) in [6.45, 7) is 8.55. The van der Waals surface area contributed by atoms with Gasteiger partial charge in [-0.3, -0.25) is 0 Å². The average Bonchev–Trinajstić information content (AvgIpc) is 2.24. The van der Waals surface area contributed by atoms with Gasteiger partial charge < -0.3 is 5.32 Å². The van der Waals surface area contributed by atoms with E-state index in [4.69, 9.17) is 0 Å². The van der Waals surface area contributed by atoms with E-state index >= 15 is 0 Å². The van der Waals surface area contributed by atoms with Crippen LogP contribution in [0.5, 0.6) is 0 Å². The van der Waals surface area contributed by atoms with Crippen LogP contribution in [0, 0.1) is 17.3 Å². The molecule has 0 saturated carbocycles. The van der Waals surface area contributed by atoms with Crippen molar-refractivity contribution in [1.82, 2.24) is 0 Å². The summed E-state index contributed by atoms with van der Waals surface area (Å²) in [6.07, 6.45) is 1.01. The van der Waals surface area contributed by atoms with Crippen molar-refractivity contribution in [3.8, 4) is 11.8 Å².